The molecular weight excluding hydrogens is 537 g/mol. The van der Waals surface area contributed by atoms with E-state index in [1.165, 1.54) is 12.0 Å². The lowest BCUT2D eigenvalue weighted by Crippen LogP contribution is -2.48. The number of hydrogen-bond acceptors (Lipinski definition) is 6. The Hall–Kier alpha value is -3.47. The van der Waals surface area contributed by atoms with E-state index in [4.69, 9.17) is 9.15 Å². The normalized spacial score (nSPS) is 16.7. The Morgan fingerprint density at radius 3 is 2.56 bits per heavy atom. The van der Waals surface area contributed by atoms with Crippen LogP contribution in [0, 0.1) is 12.8 Å². The molecule has 41 heavy (non-hydrogen) atoms. The average molecular weight is 575 g/mol. The highest BCUT2D eigenvalue weighted by molar-refractivity contribution is 6.09. The number of aromatic nitrogens is 1. The van der Waals surface area contributed by atoms with Crippen molar-refractivity contribution in [3.8, 4) is 5.75 Å². The third-order valence-corrected chi connectivity index (χ3v) is 8.16. The van der Waals surface area contributed by atoms with Gasteiger partial charge < -0.3 is 24.4 Å². The van der Waals surface area contributed by atoms with E-state index in [2.05, 4.69) is 15.2 Å². The molecule has 2 N–H and O–H groups in total. The molecule has 11 heteroatoms. The summed E-state index contributed by atoms with van der Waals surface area (Å²) in [6.45, 7) is 4.38. The first-order valence-electron chi connectivity index (χ1n) is 14.2. The SMILES string of the molecule is CCc1c(N(CC2CC2)C2CCN(CC(F)(F)F)CC2)cc2occc2c1C(=O)NCc1c(OC)cc(C)[nH]c1=O. The Morgan fingerprint density at radius 1 is 1.20 bits per heavy atom. The van der Waals surface area contributed by atoms with Gasteiger partial charge in [-0.05, 0) is 62.6 Å². The van der Waals surface area contributed by atoms with Crippen LogP contribution in [0.25, 0.3) is 11.0 Å². The molecule has 1 aromatic carbocycles. The van der Waals surface area contributed by atoms with Crippen molar-refractivity contribution in [2.45, 2.75) is 64.7 Å². The topological polar surface area (TPSA) is 90.8 Å². The van der Waals surface area contributed by atoms with Gasteiger partial charge in [-0.3, -0.25) is 14.5 Å². The molecule has 2 fully saturated rings. The number of fused-ring (bicyclic) bond motifs is 1. The van der Waals surface area contributed by atoms with Crippen LogP contribution in [0.15, 0.2) is 33.7 Å². The van der Waals surface area contributed by atoms with Crippen molar-refractivity contribution in [2.24, 2.45) is 5.92 Å². The number of nitrogens with one attached hydrogen (secondary N) is 2. The van der Waals surface area contributed by atoms with Crippen molar-refractivity contribution in [3.05, 3.63) is 57.2 Å². The molecule has 0 bridgehead atoms. The number of piperidine rings is 1. The fourth-order valence-corrected chi connectivity index (χ4v) is 5.97. The number of amides is 1. The van der Waals surface area contributed by atoms with Gasteiger partial charge >= 0.3 is 6.18 Å². The number of rotatable bonds is 10. The number of furan rings is 1. The highest BCUT2D eigenvalue weighted by atomic mass is 19.4. The molecule has 8 nitrogen and oxygen atoms in total. The number of anilines is 1. The Labute approximate surface area is 236 Å². The number of halogens is 3. The lowest BCUT2D eigenvalue weighted by atomic mass is 9.94. The molecule has 1 amide bonds. The van der Waals surface area contributed by atoms with Crippen LogP contribution >= 0.6 is 0 Å². The van der Waals surface area contributed by atoms with Gasteiger partial charge in [-0.2, -0.15) is 13.2 Å². The molecule has 0 spiro atoms. The van der Waals surface area contributed by atoms with Crippen LogP contribution in [-0.4, -0.2) is 61.3 Å². The Bertz CT molecular complexity index is 1450. The Kier molecular flexibility index (Phi) is 8.35. The molecule has 2 aromatic heterocycles. The van der Waals surface area contributed by atoms with Gasteiger partial charge in [0.25, 0.3) is 11.5 Å². The molecule has 1 aliphatic carbocycles. The fourth-order valence-electron chi connectivity index (χ4n) is 5.97. The molecule has 5 rings (SSSR count). The van der Waals surface area contributed by atoms with E-state index in [1.807, 2.05) is 13.0 Å². The van der Waals surface area contributed by atoms with E-state index >= 15 is 0 Å². The van der Waals surface area contributed by atoms with Gasteiger partial charge in [0.2, 0.25) is 0 Å². The number of carbonyl (C=O) groups excluding carboxylic acids is 1. The number of pyridine rings is 1. The predicted molar refractivity (Wildman–Crippen MR) is 151 cm³/mol. The van der Waals surface area contributed by atoms with Crippen molar-refractivity contribution in [1.29, 1.82) is 0 Å². The first-order chi connectivity index (χ1) is 19.6. The van der Waals surface area contributed by atoms with Crippen molar-refractivity contribution in [1.82, 2.24) is 15.2 Å². The van der Waals surface area contributed by atoms with Gasteiger partial charge in [0.05, 0.1) is 37.6 Å². The van der Waals surface area contributed by atoms with Gasteiger partial charge in [-0.15, -0.1) is 0 Å². The number of ether oxygens (including phenoxy) is 1. The molecule has 1 saturated carbocycles. The van der Waals surface area contributed by atoms with Gasteiger partial charge in [-0.1, -0.05) is 6.92 Å². The van der Waals surface area contributed by atoms with Gasteiger partial charge in [-0.25, -0.2) is 0 Å². The van der Waals surface area contributed by atoms with Crippen molar-refractivity contribution >= 4 is 22.6 Å². The summed E-state index contributed by atoms with van der Waals surface area (Å²) >= 11 is 0. The molecule has 2 aliphatic rings. The van der Waals surface area contributed by atoms with E-state index in [0.29, 0.717) is 71.8 Å². The number of nitrogens with zero attached hydrogens (tertiary/aromatic N) is 2. The number of methoxy groups -OCH3 is 1. The second kappa shape index (κ2) is 11.8. The van der Waals surface area contributed by atoms with Crippen LogP contribution in [0.1, 0.15) is 59.8 Å². The van der Waals surface area contributed by atoms with E-state index < -0.39 is 12.7 Å². The standard InChI is InChI=1S/C30H37F3N4O4/c1-4-21-24(37(16-19-5-6-19)20-7-10-36(11-8-20)17-30(31,32)33)14-26-22(9-12-41-26)27(21)29(39)34-15-23-25(40-3)13-18(2)35-28(23)38/h9,12-14,19-20H,4-8,10-11,15-17H2,1-3H3,(H,34,39)(H,35,38). The molecule has 1 aliphatic heterocycles. The summed E-state index contributed by atoms with van der Waals surface area (Å²) in [6, 6.07) is 5.52. The first kappa shape index (κ1) is 29.0. The van der Waals surface area contributed by atoms with Crippen LogP contribution in [0.3, 0.4) is 0 Å². The summed E-state index contributed by atoms with van der Waals surface area (Å²) in [6.07, 6.45) is 1.37. The summed E-state index contributed by atoms with van der Waals surface area (Å²) < 4.78 is 50.2. The molecular formula is C30H37F3N4O4. The highest BCUT2D eigenvalue weighted by Gasteiger charge is 2.36. The lowest BCUT2D eigenvalue weighted by molar-refractivity contribution is -0.147. The number of alkyl halides is 3. The first-order valence-corrected chi connectivity index (χ1v) is 14.2. The second-order valence-corrected chi connectivity index (χ2v) is 11.2. The van der Waals surface area contributed by atoms with Crippen LogP contribution in [0.4, 0.5) is 18.9 Å². The van der Waals surface area contributed by atoms with Crippen LogP contribution < -0.4 is 20.5 Å². The summed E-state index contributed by atoms with van der Waals surface area (Å²) in [5.41, 5.74) is 3.47. The third kappa shape index (κ3) is 6.55. The number of aryl methyl sites for hydroxylation is 1. The minimum atomic E-state index is -4.21. The predicted octanol–water partition coefficient (Wildman–Crippen LogP) is 5.17. The summed E-state index contributed by atoms with van der Waals surface area (Å²) in [7, 11) is 1.48. The summed E-state index contributed by atoms with van der Waals surface area (Å²) in [5.74, 6) is 0.596. The van der Waals surface area contributed by atoms with E-state index in [9.17, 15) is 22.8 Å². The largest absolute Gasteiger partial charge is 0.496 e. The van der Waals surface area contributed by atoms with Gasteiger partial charge in [0.1, 0.15) is 11.3 Å². The van der Waals surface area contributed by atoms with Crippen LogP contribution in [0.5, 0.6) is 5.75 Å². The monoisotopic (exact) mass is 574 g/mol. The minimum absolute atomic E-state index is 0.0200. The zero-order valence-corrected chi connectivity index (χ0v) is 23.7. The van der Waals surface area contributed by atoms with E-state index in [1.54, 1.807) is 25.3 Å². The maximum Gasteiger partial charge on any atom is 0.401 e. The zero-order chi connectivity index (χ0) is 29.3. The molecule has 0 atom stereocenters. The third-order valence-electron chi connectivity index (χ3n) is 8.16. The molecule has 0 unspecified atom stereocenters. The van der Waals surface area contributed by atoms with Crippen molar-refractivity contribution in [3.63, 3.8) is 0 Å². The van der Waals surface area contributed by atoms with Gasteiger partial charge in [0.15, 0.2) is 0 Å². The average Bonchev–Trinajstić information content (AvgIpc) is 3.63. The maximum atomic E-state index is 13.8. The summed E-state index contributed by atoms with van der Waals surface area (Å²) in [5, 5.41) is 3.60. The number of H-pyrrole nitrogens is 1. The smallest absolute Gasteiger partial charge is 0.401 e. The van der Waals surface area contributed by atoms with Crippen molar-refractivity contribution < 1.29 is 27.1 Å². The zero-order valence-electron chi connectivity index (χ0n) is 23.7. The minimum Gasteiger partial charge on any atom is -0.496 e. The second-order valence-electron chi connectivity index (χ2n) is 11.2. The fraction of sp³-hybridized carbons (Fsp3) is 0.533. The molecule has 222 valence electrons. The van der Waals surface area contributed by atoms with Gasteiger partial charge in [0, 0.05) is 48.5 Å². The molecule has 3 aromatic rings. The molecule has 1 saturated heterocycles. The number of hydrogen-bond donors (Lipinski definition) is 2. The maximum absolute atomic E-state index is 13.8. The van der Waals surface area contributed by atoms with Crippen LogP contribution in [0.2, 0.25) is 0 Å². The quantitative estimate of drug-likeness (QED) is 0.347. The number of benzene rings is 1. The molecule has 0 radical (unpaired) electrons. The lowest BCUT2D eigenvalue weighted by Gasteiger charge is -2.41. The number of aromatic amines is 1. The Morgan fingerprint density at radius 2 is 1.93 bits per heavy atom. The Balaban J connectivity index is 1.46. The number of carbonyl (C=O) groups is 1. The van der Waals surface area contributed by atoms with E-state index in [-0.39, 0.29) is 24.1 Å². The van der Waals surface area contributed by atoms with Crippen molar-refractivity contribution in [2.75, 3.05) is 38.2 Å². The number of likely N-dealkylation sites (tertiary alicyclic amines) is 1. The summed E-state index contributed by atoms with van der Waals surface area (Å²) in [4.78, 5) is 33.0. The van der Waals surface area contributed by atoms with Crippen LogP contribution in [-0.2, 0) is 13.0 Å². The van der Waals surface area contributed by atoms with E-state index in [0.717, 1.165) is 30.6 Å². The highest BCUT2D eigenvalue weighted by Crippen LogP contribution is 2.39. The molecule has 3 heterocycles.